The Kier molecular flexibility index (Phi) is 2.37. The van der Waals surface area contributed by atoms with Gasteiger partial charge in [0.15, 0.2) is 5.03 Å². The predicted octanol–water partition coefficient (Wildman–Crippen LogP) is 1.08. The Bertz CT molecular complexity index is 349. The van der Waals surface area contributed by atoms with Crippen molar-refractivity contribution in [1.82, 2.24) is 4.98 Å². The summed E-state index contributed by atoms with van der Waals surface area (Å²) in [4.78, 5) is 3.30. The van der Waals surface area contributed by atoms with Crippen LogP contribution in [0.4, 0.5) is 8.78 Å². The van der Waals surface area contributed by atoms with Gasteiger partial charge in [-0.3, -0.25) is 0 Å². The van der Waals surface area contributed by atoms with E-state index in [1.54, 1.807) is 0 Å². The van der Waals surface area contributed by atoms with Gasteiger partial charge in [0.05, 0.1) is 0 Å². The quantitative estimate of drug-likeness (QED) is 0.706. The van der Waals surface area contributed by atoms with Gasteiger partial charge in [-0.15, -0.1) is 0 Å². The fourth-order valence-corrected chi connectivity index (χ4v) is 1.27. The summed E-state index contributed by atoms with van der Waals surface area (Å²) in [6.07, 6.45) is 1.15. The Balaban J connectivity index is 3.17. The van der Waals surface area contributed by atoms with E-state index in [0.29, 0.717) is 0 Å². The minimum atomic E-state index is -4.52. The molecule has 1 aromatic rings. The summed E-state index contributed by atoms with van der Waals surface area (Å²) < 4.78 is 45.2. The van der Waals surface area contributed by atoms with Gasteiger partial charge in [0, 0.05) is 6.20 Å². The van der Waals surface area contributed by atoms with E-state index >= 15 is 0 Å². The average molecular weight is 193 g/mol. The molecule has 1 aromatic heterocycles. The number of rotatable bonds is 2. The Labute approximate surface area is 68.0 Å². The lowest BCUT2D eigenvalue weighted by molar-refractivity contribution is 0.234. The van der Waals surface area contributed by atoms with Gasteiger partial charge in [0.1, 0.15) is 0 Å². The van der Waals surface area contributed by atoms with Gasteiger partial charge in [-0.2, -0.15) is 8.78 Å². The van der Waals surface area contributed by atoms with E-state index in [-0.39, 0.29) is 0 Å². The Morgan fingerprint density at radius 3 is 2.42 bits per heavy atom. The molecular weight excluding hydrogens is 188 g/mol. The normalized spacial score (nSPS) is 11.9. The van der Waals surface area contributed by atoms with Crippen LogP contribution in [-0.2, 0) is 9.84 Å². The summed E-state index contributed by atoms with van der Waals surface area (Å²) in [5.41, 5.74) is 0. The molecule has 0 aromatic carbocycles. The molecule has 0 saturated heterocycles. The fraction of sp³-hybridized carbons (Fsp3) is 0.167. The summed E-state index contributed by atoms with van der Waals surface area (Å²) >= 11 is 0. The van der Waals surface area contributed by atoms with E-state index in [1.165, 1.54) is 12.1 Å². The topological polar surface area (TPSA) is 47.0 Å². The van der Waals surface area contributed by atoms with Crippen LogP contribution in [0.5, 0.6) is 0 Å². The van der Waals surface area contributed by atoms with Crippen LogP contribution in [0, 0.1) is 0 Å². The molecule has 0 aliphatic carbocycles. The standard InChI is InChI=1S/C6H5F2NO2S/c7-6(8)12(10,11)5-3-1-2-4-9-5/h1-4,6H. The maximum Gasteiger partial charge on any atom is 0.342 e. The van der Waals surface area contributed by atoms with E-state index in [0.717, 1.165) is 12.3 Å². The summed E-state index contributed by atoms with van der Waals surface area (Å²) in [7, 11) is -4.52. The second-order valence-electron chi connectivity index (χ2n) is 1.97. The highest BCUT2D eigenvalue weighted by molar-refractivity contribution is 7.91. The second kappa shape index (κ2) is 3.14. The number of sulfone groups is 1. The minimum Gasteiger partial charge on any atom is -0.245 e. The molecule has 6 heteroatoms. The number of aromatic nitrogens is 1. The molecule has 1 rings (SSSR count). The molecule has 0 spiro atoms. The molecular formula is C6H5F2NO2S. The fourth-order valence-electron chi connectivity index (χ4n) is 0.607. The lowest BCUT2D eigenvalue weighted by Gasteiger charge is -1.99. The first-order chi connectivity index (χ1) is 5.55. The van der Waals surface area contributed by atoms with Gasteiger partial charge in [-0.25, -0.2) is 13.4 Å². The van der Waals surface area contributed by atoms with Crippen molar-refractivity contribution in [2.24, 2.45) is 0 Å². The van der Waals surface area contributed by atoms with Crippen molar-refractivity contribution in [3.63, 3.8) is 0 Å². The van der Waals surface area contributed by atoms with Crippen LogP contribution >= 0.6 is 0 Å². The Morgan fingerprint density at radius 2 is 2.00 bits per heavy atom. The second-order valence-corrected chi connectivity index (χ2v) is 3.84. The summed E-state index contributed by atoms with van der Waals surface area (Å²) in [5.74, 6) is -3.41. The Hall–Kier alpha value is -1.04. The van der Waals surface area contributed by atoms with Crippen molar-refractivity contribution in [2.45, 2.75) is 10.8 Å². The Morgan fingerprint density at radius 1 is 1.33 bits per heavy atom. The first-order valence-electron chi connectivity index (χ1n) is 2.98. The maximum atomic E-state index is 11.9. The molecule has 0 amide bonds. The molecule has 0 unspecified atom stereocenters. The molecule has 0 fully saturated rings. The van der Waals surface area contributed by atoms with Crippen LogP contribution in [0.15, 0.2) is 29.4 Å². The third kappa shape index (κ3) is 1.58. The zero-order valence-corrected chi connectivity index (χ0v) is 6.63. The summed E-state index contributed by atoms with van der Waals surface area (Å²) in [5, 5.41) is -0.597. The molecule has 0 aliphatic rings. The summed E-state index contributed by atoms with van der Waals surface area (Å²) in [6, 6.07) is 3.81. The molecule has 0 N–H and O–H groups in total. The SMILES string of the molecule is O=S(=O)(c1ccccn1)C(F)F. The third-order valence-electron chi connectivity index (χ3n) is 1.16. The largest absolute Gasteiger partial charge is 0.342 e. The van der Waals surface area contributed by atoms with Crippen molar-refractivity contribution >= 4 is 9.84 Å². The highest BCUT2D eigenvalue weighted by Gasteiger charge is 2.27. The van der Waals surface area contributed by atoms with Crippen molar-refractivity contribution in [3.8, 4) is 0 Å². The molecule has 0 radical (unpaired) electrons. The van der Waals surface area contributed by atoms with Gasteiger partial charge in [0.25, 0.3) is 9.84 Å². The molecule has 12 heavy (non-hydrogen) atoms. The van der Waals surface area contributed by atoms with Crippen LogP contribution in [-0.4, -0.2) is 19.2 Å². The van der Waals surface area contributed by atoms with Crippen LogP contribution < -0.4 is 0 Å². The van der Waals surface area contributed by atoms with E-state index in [1.807, 2.05) is 0 Å². The zero-order valence-electron chi connectivity index (χ0n) is 5.81. The highest BCUT2D eigenvalue weighted by Crippen LogP contribution is 2.14. The predicted molar refractivity (Wildman–Crippen MR) is 37.4 cm³/mol. The van der Waals surface area contributed by atoms with Gasteiger partial charge in [-0.1, -0.05) is 6.07 Å². The number of hydrogen-bond donors (Lipinski definition) is 0. The van der Waals surface area contributed by atoms with Crippen molar-refractivity contribution in [1.29, 1.82) is 0 Å². The van der Waals surface area contributed by atoms with Crippen LogP contribution in [0.1, 0.15) is 0 Å². The average Bonchev–Trinajstić information content (AvgIpc) is 2.06. The first-order valence-corrected chi connectivity index (χ1v) is 4.53. The number of halogens is 2. The van der Waals surface area contributed by atoms with Crippen molar-refractivity contribution in [2.75, 3.05) is 0 Å². The first kappa shape index (κ1) is 9.05. The van der Waals surface area contributed by atoms with Gasteiger partial charge < -0.3 is 0 Å². The number of alkyl halides is 2. The van der Waals surface area contributed by atoms with E-state index in [9.17, 15) is 17.2 Å². The number of pyridine rings is 1. The summed E-state index contributed by atoms with van der Waals surface area (Å²) in [6.45, 7) is 0. The molecule has 0 saturated carbocycles. The van der Waals surface area contributed by atoms with Crippen LogP contribution in [0.3, 0.4) is 0 Å². The maximum absolute atomic E-state index is 11.9. The van der Waals surface area contributed by atoms with E-state index in [4.69, 9.17) is 0 Å². The van der Waals surface area contributed by atoms with Crippen molar-refractivity contribution in [3.05, 3.63) is 24.4 Å². The highest BCUT2D eigenvalue weighted by atomic mass is 32.2. The van der Waals surface area contributed by atoms with E-state index in [2.05, 4.69) is 4.98 Å². The van der Waals surface area contributed by atoms with E-state index < -0.39 is 20.6 Å². The van der Waals surface area contributed by atoms with Crippen LogP contribution in [0.2, 0.25) is 0 Å². The third-order valence-corrected chi connectivity index (χ3v) is 2.46. The van der Waals surface area contributed by atoms with Gasteiger partial charge in [-0.05, 0) is 12.1 Å². The molecule has 66 valence electrons. The zero-order chi connectivity index (χ0) is 9.19. The van der Waals surface area contributed by atoms with Crippen molar-refractivity contribution < 1.29 is 17.2 Å². The lowest BCUT2D eigenvalue weighted by atomic mass is 10.5. The molecule has 0 aliphatic heterocycles. The molecule has 1 heterocycles. The molecule has 0 atom stereocenters. The van der Waals surface area contributed by atoms with Gasteiger partial charge in [0.2, 0.25) is 0 Å². The lowest BCUT2D eigenvalue weighted by Crippen LogP contribution is -2.12. The molecule has 0 bridgehead atoms. The van der Waals surface area contributed by atoms with Gasteiger partial charge >= 0.3 is 5.76 Å². The smallest absolute Gasteiger partial charge is 0.245 e. The molecule has 3 nitrogen and oxygen atoms in total. The minimum absolute atomic E-state index is 0.597. The van der Waals surface area contributed by atoms with Crippen LogP contribution in [0.25, 0.3) is 0 Å². The monoisotopic (exact) mass is 193 g/mol. The number of nitrogens with zero attached hydrogens (tertiary/aromatic N) is 1. The number of hydrogen-bond acceptors (Lipinski definition) is 3.